The van der Waals surface area contributed by atoms with Crippen molar-refractivity contribution in [2.24, 2.45) is 4.99 Å². The number of carbonyl (C=O) groups excluding carboxylic acids is 2. The second-order valence-electron chi connectivity index (χ2n) is 3.05. The van der Waals surface area contributed by atoms with Crippen molar-refractivity contribution >= 4 is 17.7 Å². The molecule has 4 nitrogen and oxygen atoms in total. The zero-order valence-corrected chi connectivity index (χ0v) is 7.41. The molecule has 1 aromatic rings. The second-order valence-corrected chi connectivity index (χ2v) is 3.05. The van der Waals surface area contributed by atoms with Crippen molar-refractivity contribution in [2.45, 2.75) is 6.42 Å². The van der Waals surface area contributed by atoms with E-state index in [0.717, 1.165) is 12.0 Å². The minimum atomic E-state index is -0.103. The number of nitrogens with zero attached hydrogens (tertiary/aromatic N) is 1. The van der Waals surface area contributed by atoms with Crippen LogP contribution in [-0.4, -0.2) is 18.5 Å². The molecule has 0 aliphatic carbocycles. The first-order chi connectivity index (χ1) is 6.81. The van der Waals surface area contributed by atoms with Gasteiger partial charge in [-0.05, 0) is 24.1 Å². The van der Waals surface area contributed by atoms with Gasteiger partial charge in [-0.2, -0.15) is 4.99 Å². The van der Waals surface area contributed by atoms with Crippen molar-refractivity contribution in [3.63, 3.8) is 0 Å². The van der Waals surface area contributed by atoms with E-state index in [2.05, 4.69) is 10.3 Å². The van der Waals surface area contributed by atoms with Gasteiger partial charge in [0.15, 0.2) is 0 Å². The number of carbonyl (C=O) groups is 1. The molecule has 14 heavy (non-hydrogen) atoms. The maximum Gasteiger partial charge on any atom is 0.251 e. The van der Waals surface area contributed by atoms with Gasteiger partial charge in [-0.3, -0.25) is 4.79 Å². The molecule has 4 heteroatoms. The Hall–Kier alpha value is -1.93. The quantitative estimate of drug-likeness (QED) is 0.526. The van der Waals surface area contributed by atoms with E-state index in [4.69, 9.17) is 0 Å². The van der Waals surface area contributed by atoms with Crippen molar-refractivity contribution in [1.82, 2.24) is 5.32 Å². The predicted molar refractivity (Wildman–Crippen MR) is 50.3 cm³/mol. The molecule has 1 heterocycles. The molecule has 0 fully saturated rings. The Morgan fingerprint density at radius 3 is 3.07 bits per heavy atom. The van der Waals surface area contributed by atoms with Crippen LogP contribution >= 0.6 is 0 Å². The molecule has 0 radical (unpaired) electrons. The molecule has 0 aromatic heterocycles. The van der Waals surface area contributed by atoms with Crippen LogP contribution in [0.15, 0.2) is 23.2 Å². The number of rotatable bonds is 1. The molecule has 1 aliphatic heterocycles. The van der Waals surface area contributed by atoms with Gasteiger partial charge in [0.25, 0.3) is 5.91 Å². The number of hydrogen-bond donors (Lipinski definition) is 1. The number of fused-ring (bicyclic) bond motifs is 1. The lowest BCUT2D eigenvalue weighted by atomic mass is 10.00. The summed E-state index contributed by atoms with van der Waals surface area (Å²) in [6.07, 6.45) is 2.27. The molecular weight excluding hydrogens is 180 g/mol. The highest BCUT2D eigenvalue weighted by molar-refractivity contribution is 5.97. The van der Waals surface area contributed by atoms with Gasteiger partial charge in [-0.1, -0.05) is 6.07 Å². The summed E-state index contributed by atoms with van der Waals surface area (Å²) in [6.45, 7) is 0.669. The number of amides is 1. The highest BCUT2D eigenvalue weighted by Crippen LogP contribution is 2.20. The zero-order valence-electron chi connectivity index (χ0n) is 7.41. The SMILES string of the molecule is O=C=Nc1ccc2c(c1)C(=O)NCC2. The van der Waals surface area contributed by atoms with E-state index in [1.807, 2.05) is 6.07 Å². The Balaban J connectivity index is 2.50. The smallest absolute Gasteiger partial charge is 0.251 e. The summed E-state index contributed by atoms with van der Waals surface area (Å²) in [4.78, 5) is 24.9. The van der Waals surface area contributed by atoms with Crippen molar-refractivity contribution in [3.8, 4) is 0 Å². The summed E-state index contributed by atoms with van der Waals surface area (Å²) in [5.74, 6) is -0.103. The van der Waals surface area contributed by atoms with E-state index < -0.39 is 0 Å². The van der Waals surface area contributed by atoms with Crippen molar-refractivity contribution in [3.05, 3.63) is 29.3 Å². The van der Waals surface area contributed by atoms with Crippen LogP contribution in [0.2, 0.25) is 0 Å². The van der Waals surface area contributed by atoms with Gasteiger partial charge in [0, 0.05) is 12.1 Å². The summed E-state index contributed by atoms with van der Waals surface area (Å²) >= 11 is 0. The third kappa shape index (κ3) is 1.43. The average molecular weight is 188 g/mol. The molecule has 70 valence electrons. The Kier molecular flexibility index (Phi) is 2.13. The number of benzene rings is 1. The van der Waals surface area contributed by atoms with E-state index in [-0.39, 0.29) is 5.91 Å². The fraction of sp³-hybridized carbons (Fsp3) is 0.200. The molecule has 0 saturated heterocycles. The van der Waals surface area contributed by atoms with Gasteiger partial charge in [0.05, 0.1) is 5.69 Å². The number of aliphatic imine (C=N–C) groups is 1. The van der Waals surface area contributed by atoms with Gasteiger partial charge in [0.2, 0.25) is 6.08 Å². The van der Waals surface area contributed by atoms with Crippen LogP contribution in [0.3, 0.4) is 0 Å². The minimum absolute atomic E-state index is 0.103. The Bertz CT molecular complexity index is 434. The first-order valence-corrected chi connectivity index (χ1v) is 4.30. The first kappa shape index (κ1) is 8.66. The standard InChI is InChI=1S/C10H8N2O2/c13-6-12-8-2-1-7-3-4-11-10(14)9(7)5-8/h1-2,5H,3-4H2,(H,11,14). The number of isocyanates is 1. The maximum atomic E-state index is 11.4. The van der Waals surface area contributed by atoms with Gasteiger partial charge in [-0.25, -0.2) is 4.79 Å². The molecule has 1 amide bonds. The molecular formula is C10H8N2O2. The third-order valence-electron chi connectivity index (χ3n) is 2.19. The van der Waals surface area contributed by atoms with E-state index >= 15 is 0 Å². The molecule has 0 unspecified atom stereocenters. The molecule has 1 N–H and O–H groups in total. The van der Waals surface area contributed by atoms with E-state index in [0.29, 0.717) is 17.8 Å². The van der Waals surface area contributed by atoms with Gasteiger partial charge in [0.1, 0.15) is 0 Å². The fourth-order valence-electron chi connectivity index (χ4n) is 1.52. The van der Waals surface area contributed by atoms with E-state index in [1.165, 1.54) is 6.08 Å². The molecule has 2 rings (SSSR count). The van der Waals surface area contributed by atoms with Crippen molar-refractivity contribution in [1.29, 1.82) is 0 Å². The lowest BCUT2D eigenvalue weighted by Gasteiger charge is -2.15. The molecule has 0 saturated carbocycles. The maximum absolute atomic E-state index is 11.4. The van der Waals surface area contributed by atoms with Gasteiger partial charge in [-0.15, -0.1) is 0 Å². The topological polar surface area (TPSA) is 58.5 Å². The minimum Gasteiger partial charge on any atom is -0.352 e. The molecule has 1 aliphatic rings. The van der Waals surface area contributed by atoms with Crippen LogP contribution in [-0.2, 0) is 11.2 Å². The van der Waals surface area contributed by atoms with Crippen molar-refractivity contribution < 1.29 is 9.59 Å². The lowest BCUT2D eigenvalue weighted by molar-refractivity contribution is 0.0946. The van der Waals surface area contributed by atoms with Gasteiger partial charge < -0.3 is 5.32 Å². The van der Waals surface area contributed by atoms with Crippen LogP contribution < -0.4 is 5.32 Å². The van der Waals surface area contributed by atoms with Gasteiger partial charge >= 0.3 is 0 Å². The largest absolute Gasteiger partial charge is 0.352 e. The van der Waals surface area contributed by atoms with Crippen LogP contribution in [0.5, 0.6) is 0 Å². The summed E-state index contributed by atoms with van der Waals surface area (Å²) < 4.78 is 0. The highest BCUT2D eigenvalue weighted by Gasteiger charge is 2.16. The highest BCUT2D eigenvalue weighted by atomic mass is 16.1. The zero-order chi connectivity index (χ0) is 9.97. The Morgan fingerprint density at radius 1 is 1.43 bits per heavy atom. The molecule has 1 aromatic carbocycles. The molecule has 0 spiro atoms. The summed E-state index contributed by atoms with van der Waals surface area (Å²) in [6, 6.07) is 5.14. The van der Waals surface area contributed by atoms with E-state index in [1.54, 1.807) is 12.1 Å². The summed E-state index contributed by atoms with van der Waals surface area (Å²) in [7, 11) is 0. The van der Waals surface area contributed by atoms with Crippen molar-refractivity contribution in [2.75, 3.05) is 6.54 Å². The summed E-state index contributed by atoms with van der Waals surface area (Å²) in [5.41, 5.74) is 2.07. The molecule has 0 bridgehead atoms. The second kappa shape index (κ2) is 3.44. The van der Waals surface area contributed by atoms with E-state index in [9.17, 15) is 9.59 Å². The fourth-order valence-corrected chi connectivity index (χ4v) is 1.52. The van der Waals surface area contributed by atoms with Crippen LogP contribution in [0.4, 0.5) is 5.69 Å². The normalized spacial score (nSPS) is 13.9. The van der Waals surface area contributed by atoms with Crippen LogP contribution in [0.1, 0.15) is 15.9 Å². The Labute approximate surface area is 80.7 Å². The van der Waals surface area contributed by atoms with Crippen LogP contribution in [0.25, 0.3) is 0 Å². The van der Waals surface area contributed by atoms with Crippen LogP contribution in [0, 0.1) is 0 Å². The summed E-state index contributed by atoms with van der Waals surface area (Å²) in [5, 5.41) is 2.73. The number of nitrogens with one attached hydrogen (secondary N) is 1. The number of hydrogen-bond acceptors (Lipinski definition) is 3. The molecule has 0 atom stereocenters. The monoisotopic (exact) mass is 188 g/mol. The Morgan fingerprint density at radius 2 is 2.29 bits per heavy atom. The average Bonchev–Trinajstić information content (AvgIpc) is 2.20. The predicted octanol–water partition coefficient (Wildman–Crippen LogP) is 0.940. The third-order valence-corrected chi connectivity index (χ3v) is 2.19. The lowest BCUT2D eigenvalue weighted by Crippen LogP contribution is -2.31. The first-order valence-electron chi connectivity index (χ1n) is 4.30.